The van der Waals surface area contributed by atoms with Crippen molar-refractivity contribution in [1.82, 2.24) is 20.1 Å². The van der Waals surface area contributed by atoms with Crippen LogP contribution in [0, 0.1) is 6.92 Å². The van der Waals surface area contributed by atoms with Gasteiger partial charge in [-0.05, 0) is 53.2 Å². The number of rotatable bonds is 7. The van der Waals surface area contributed by atoms with Gasteiger partial charge in [0.1, 0.15) is 5.82 Å². The van der Waals surface area contributed by atoms with Crippen molar-refractivity contribution < 1.29 is 9.59 Å². The Morgan fingerprint density at radius 2 is 1.89 bits per heavy atom. The average molecular weight is 404 g/mol. The largest absolute Gasteiger partial charge is 0.351 e. The number of hydrogen-bond donors (Lipinski definition) is 2. The number of carbonyl (C=O) groups is 2. The summed E-state index contributed by atoms with van der Waals surface area (Å²) in [6.45, 7) is 12.2. The van der Waals surface area contributed by atoms with E-state index in [1.54, 1.807) is 0 Å². The van der Waals surface area contributed by atoms with Gasteiger partial charge >= 0.3 is 0 Å². The predicted octanol–water partition coefficient (Wildman–Crippen LogP) is 3.18. The quantitative estimate of drug-likeness (QED) is 0.693. The molecule has 0 saturated carbocycles. The van der Waals surface area contributed by atoms with Crippen molar-refractivity contribution in [3.63, 3.8) is 0 Å². The van der Waals surface area contributed by atoms with Crippen molar-refractivity contribution in [2.24, 2.45) is 0 Å². The molecule has 152 valence electrons. The highest BCUT2D eigenvalue weighted by Gasteiger charge is 2.23. The van der Waals surface area contributed by atoms with Crippen molar-refractivity contribution >= 4 is 29.3 Å². The van der Waals surface area contributed by atoms with Crippen LogP contribution in [0.5, 0.6) is 0 Å². The van der Waals surface area contributed by atoms with Crippen LogP contribution in [0.4, 0.5) is 5.69 Å². The number of aromatic nitrogens is 3. The second-order valence-corrected chi connectivity index (χ2v) is 8.99. The molecular formula is C20H29N5O2S. The molecule has 2 rings (SSSR count). The molecule has 0 aliphatic rings. The van der Waals surface area contributed by atoms with Gasteiger partial charge in [0.2, 0.25) is 11.8 Å². The number of hydrogen-bond acceptors (Lipinski definition) is 5. The third kappa shape index (κ3) is 6.09. The highest BCUT2D eigenvalue weighted by molar-refractivity contribution is 8.00. The summed E-state index contributed by atoms with van der Waals surface area (Å²) in [4.78, 5) is 24.8. The molecule has 28 heavy (non-hydrogen) atoms. The van der Waals surface area contributed by atoms with E-state index < -0.39 is 0 Å². The van der Waals surface area contributed by atoms with Crippen molar-refractivity contribution in [3.05, 3.63) is 35.7 Å². The van der Waals surface area contributed by atoms with Gasteiger partial charge < -0.3 is 15.2 Å². The zero-order chi connectivity index (χ0) is 20.9. The maximum absolute atomic E-state index is 12.4. The van der Waals surface area contributed by atoms with Gasteiger partial charge in [0.15, 0.2) is 5.16 Å². The first-order valence-electron chi connectivity index (χ1n) is 9.37. The first-order valence-corrected chi connectivity index (χ1v) is 10.2. The minimum absolute atomic E-state index is 0.0537. The van der Waals surface area contributed by atoms with E-state index in [-0.39, 0.29) is 29.0 Å². The Bertz CT molecular complexity index is 841. The molecular weight excluding hydrogens is 374 g/mol. The summed E-state index contributed by atoms with van der Waals surface area (Å²) >= 11 is 1.34. The first-order chi connectivity index (χ1) is 13.1. The fraction of sp³-hybridized carbons (Fsp3) is 0.500. The SMILES string of the molecule is CCn1c(CC(=O)Nc2ccccc2C)nnc1SC(C)C(=O)NC(C)(C)C. The molecule has 8 heteroatoms. The van der Waals surface area contributed by atoms with Crippen LogP contribution in [-0.4, -0.2) is 37.4 Å². The number of nitrogens with one attached hydrogen (secondary N) is 2. The molecule has 2 amide bonds. The fourth-order valence-electron chi connectivity index (χ4n) is 2.59. The normalized spacial score (nSPS) is 12.5. The second-order valence-electron chi connectivity index (χ2n) is 7.68. The van der Waals surface area contributed by atoms with Crippen LogP contribution < -0.4 is 10.6 Å². The second kappa shape index (κ2) is 9.23. The third-order valence-corrected chi connectivity index (χ3v) is 5.08. The summed E-state index contributed by atoms with van der Waals surface area (Å²) in [7, 11) is 0. The Morgan fingerprint density at radius 1 is 1.21 bits per heavy atom. The zero-order valence-electron chi connectivity index (χ0n) is 17.4. The molecule has 0 fully saturated rings. The van der Waals surface area contributed by atoms with Gasteiger partial charge in [0.05, 0.1) is 11.7 Å². The minimum Gasteiger partial charge on any atom is -0.351 e. The monoisotopic (exact) mass is 403 g/mol. The fourth-order valence-corrected chi connectivity index (χ4v) is 3.52. The Labute approximate surface area is 170 Å². The van der Waals surface area contributed by atoms with Gasteiger partial charge in [-0.3, -0.25) is 9.59 Å². The Morgan fingerprint density at radius 3 is 2.50 bits per heavy atom. The molecule has 7 nitrogen and oxygen atoms in total. The standard InChI is InChI=1S/C20H29N5O2S/c1-7-25-16(12-17(26)21-15-11-9-8-10-13(15)2)23-24-19(25)28-14(3)18(27)22-20(4,5)6/h8-11,14H,7,12H2,1-6H3,(H,21,26)(H,22,27). The lowest BCUT2D eigenvalue weighted by Crippen LogP contribution is -2.44. The minimum atomic E-state index is -0.317. The molecule has 0 spiro atoms. The van der Waals surface area contributed by atoms with Crippen LogP contribution in [0.1, 0.15) is 46.0 Å². The molecule has 0 aliphatic heterocycles. The van der Waals surface area contributed by atoms with E-state index >= 15 is 0 Å². The van der Waals surface area contributed by atoms with Gasteiger partial charge in [0.25, 0.3) is 0 Å². The summed E-state index contributed by atoms with van der Waals surface area (Å²) in [5.41, 5.74) is 1.50. The number of amides is 2. The summed E-state index contributed by atoms with van der Waals surface area (Å²) in [6.07, 6.45) is 0.123. The number of carbonyl (C=O) groups excluding carboxylic acids is 2. The van der Waals surface area contributed by atoms with Crippen LogP contribution in [0.2, 0.25) is 0 Å². The summed E-state index contributed by atoms with van der Waals surface area (Å²) in [5.74, 6) is 0.382. The van der Waals surface area contributed by atoms with E-state index in [0.717, 1.165) is 11.3 Å². The van der Waals surface area contributed by atoms with E-state index in [4.69, 9.17) is 0 Å². The van der Waals surface area contributed by atoms with E-state index in [1.807, 2.05) is 70.4 Å². The molecule has 2 aromatic rings. The molecule has 0 radical (unpaired) electrons. The number of thioether (sulfide) groups is 1. The number of nitrogens with zero attached hydrogens (tertiary/aromatic N) is 3. The highest BCUT2D eigenvalue weighted by Crippen LogP contribution is 2.23. The lowest BCUT2D eigenvalue weighted by molar-refractivity contribution is -0.121. The Hall–Kier alpha value is -2.35. The smallest absolute Gasteiger partial charge is 0.233 e. The number of benzene rings is 1. The number of para-hydroxylation sites is 1. The van der Waals surface area contributed by atoms with Gasteiger partial charge in [-0.1, -0.05) is 30.0 Å². The van der Waals surface area contributed by atoms with Crippen molar-refractivity contribution in [3.8, 4) is 0 Å². The molecule has 0 aliphatic carbocycles. The third-order valence-electron chi connectivity index (χ3n) is 4.00. The van der Waals surface area contributed by atoms with E-state index in [2.05, 4.69) is 20.8 Å². The van der Waals surface area contributed by atoms with E-state index in [1.165, 1.54) is 11.8 Å². The molecule has 1 aromatic heterocycles. The van der Waals surface area contributed by atoms with Crippen LogP contribution in [0.25, 0.3) is 0 Å². The summed E-state index contributed by atoms with van der Waals surface area (Å²) in [5, 5.41) is 14.6. The zero-order valence-corrected chi connectivity index (χ0v) is 18.2. The van der Waals surface area contributed by atoms with Gasteiger partial charge in [-0.15, -0.1) is 10.2 Å². The van der Waals surface area contributed by atoms with Crippen LogP contribution >= 0.6 is 11.8 Å². The van der Waals surface area contributed by atoms with Crippen LogP contribution in [0.3, 0.4) is 0 Å². The average Bonchev–Trinajstić information content (AvgIpc) is 2.96. The van der Waals surface area contributed by atoms with Crippen molar-refractivity contribution in [1.29, 1.82) is 0 Å². The Kier molecular flexibility index (Phi) is 7.23. The van der Waals surface area contributed by atoms with Crippen molar-refractivity contribution in [2.75, 3.05) is 5.32 Å². The highest BCUT2D eigenvalue weighted by atomic mass is 32.2. The molecule has 1 heterocycles. The lowest BCUT2D eigenvalue weighted by atomic mass is 10.1. The molecule has 1 unspecified atom stereocenters. The topological polar surface area (TPSA) is 88.9 Å². The molecule has 2 N–H and O–H groups in total. The van der Waals surface area contributed by atoms with Gasteiger partial charge in [0, 0.05) is 17.8 Å². The lowest BCUT2D eigenvalue weighted by Gasteiger charge is -2.22. The van der Waals surface area contributed by atoms with Crippen LogP contribution in [-0.2, 0) is 22.6 Å². The molecule has 0 bridgehead atoms. The summed E-state index contributed by atoms with van der Waals surface area (Å²) < 4.78 is 1.88. The molecule has 0 saturated heterocycles. The summed E-state index contributed by atoms with van der Waals surface area (Å²) in [6, 6.07) is 7.63. The Balaban J connectivity index is 2.06. The van der Waals surface area contributed by atoms with Crippen LogP contribution in [0.15, 0.2) is 29.4 Å². The van der Waals surface area contributed by atoms with Crippen molar-refractivity contribution in [2.45, 2.75) is 70.5 Å². The van der Waals surface area contributed by atoms with E-state index in [9.17, 15) is 9.59 Å². The van der Waals surface area contributed by atoms with Gasteiger partial charge in [-0.25, -0.2) is 0 Å². The first kappa shape index (κ1) is 21.9. The molecule has 1 aromatic carbocycles. The maximum atomic E-state index is 12.4. The number of aryl methyl sites for hydroxylation is 1. The maximum Gasteiger partial charge on any atom is 0.233 e. The predicted molar refractivity (Wildman–Crippen MR) is 112 cm³/mol. The molecule has 1 atom stereocenters. The number of anilines is 1. The van der Waals surface area contributed by atoms with E-state index in [0.29, 0.717) is 17.5 Å². The van der Waals surface area contributed by atoms with Gasteiger partial charge in [-0.2, -0.15) is 0 Å².